The molecule has 1 heterocycles. The molecule has 0 aliphatic carbocycles. The summed E-state index contributed by atoms with van der Waals surface area (Å²) >= 11 is 1.47. The number of carbonyl (C=O) groups is 1. The van der Waals surface area contributed by atoms with Crippen LogP contribution in [0.4, 0.5) is 0 Å². The van der Waals surface area contributed by atoms with Gasteiger partial charge in [-0.05, 0) is 70.2 Å². The van der Waals surface area contributed by atoms with E-state index in [-0.39, 0.29) is 12.0 Å². The number of thiazole rings is 1. The molecule has 2 aromatic carbocycles. The van der Waals surface area contributed by atoms with Crippen LogP contribution in [-0.4, -0.2) is 36.4 Å². The summed E-state index contributed by atoms with van der Waals surface area (Å²) in [5.74, 6) is 1.26. The lowest BCUT2D eigenvalue weighted by Crippen LogP contribution is -2.19. The first-order valence-electron chi connectivity index (χ1n) is 10.2. The van der Waals surface area contributed by atoms with E-state index in [1.54, 1.807) is 24.3 Å². The Morgan fingerprint density at radius 3 is 2.47 bits per heavy atom. The summed E-state index contributed by atoms with van der Waals surface area (Å²) < 4.78 is 19.8. The Hall–Kier alpha value is -2.64. The van der Waals surface area contributed by atoms with E-state index in [1.165, 1.54) is 11.3 Å². The number of carbonyl (C=O) groups excluding carboxylic acids is 1. The Balaban J connectivity index is 1.96. The Labute approximate surface area is 180 Å². The Bertz CT molecular complexity index is 1050. The van der Waals surface area contributed by atoms with Crippen molar-refractivity contribution < 1.29 is 19.0 Å². The zero-order valence-corrected chi connectivity index (χ0v) is 18.7. The summed E-state index contributed by atoms with van der Waals surface area (Å²) in [6.07, 6.45) is 0.0839. The Morgan fingerprint density at radius 1 is 1.07 bits per heavy atom. The summed E-state index contributed by atoms with van der Waals surface area (Å²) in [5.41, 5.74) is 1.53. The zero-order valence-electron chi connectivity index (χ0n) is 17.9. The molecule has 6 nitrogen and oxygen atoms in total. The Morgan fingerprint density at radius 2 is 1.80 bits per heavy atom. The molecule has 7 heteroatoms. The summed E-state index contributed by atoms with van der Waals surface area (Å²) in [4.78, 5) is 17.9. The third kappa shape index (κ3) is 5.49. The van der Waals surface area contributed by atoms with Crippen LogP contribution in [-0.2, 0) is 11.3 Å². The predicted octanol–water partition coefficient (Wildman–Crippen LogP) is 4.67. The lowest BCUT2D eigenvalue weighted by atomic mass is 10.2. The van der Waals surface area contributed by atoms with E-state index in [1.807, 2.05) is 50.5 Å². The highest BCUT2D eigenvalue weighted by atomic mass is 32.1. The van der Waals surface area contributed by atoms with Crippen molar-refractivity contribution in [2.24, 2.45) is 4.99 Å². The molecule has 0 saturated carbocycles. The number of fused-ring (bicyclic) bond motifs is 1. The van der Waals surface area contributed by atoms with Gasteiger partial charge in [0.2, 0.25) is 0 Å². The first-order valence-corrected chi connectivity index (χ1v) is 11.0. The molecule has 1 aromatic heterocycles. The number of hydrogen-bond acceptors (Lipinski definition) is 5. The Kier molecular flexibility index (Phi) is 7.65. The molecule has 0 atom stereocenters. The number of benzene rings is 2. The molecule has 0 radical (unpaired) electrons. The number of aromatic nitrogens is 1. The smallest absolute Gasteiger partial charge is 0.279 e. The van der Waals surface area contributed by atoms with Crippen molar-refractivity contribution in [3.8, 4) is 11.5 Å². The highest BCUT2D eigenvalue weighted by Crippen LogP contribution is 2.23. The van der Waals surface area contributed by atoms with E-state index >= 15 is 0 Å². The van der Waals surface area contributed by atoms with E-state index in [2.05, 4.69) is 4.99 Å². The minimum absolute atomic E-state index is 0.0839. The van der Waals surface area contributed by atoms with Crippen molar-refractivity contribution in [3.63, 3.8) is 0 Å². The van der Waals surface area contributed by atoms with Crippen molar-refractivity contribution in [2.75, 3.05) is 19.8 Å². The van der Waals surface area contributed by atoms with Gasteiger partial charge in [-0.25, -0.2) is 0 Å². The molecule has 0 bridgehead atoms. The molecule has 0 spiro atoms. The molecule has 30 heavy (non-hydrogen) atoms. The van der Waals surface area contributed by atoms with E-state index in [0.717, 1.165) is 21.7 Å². The van der Waals surface area contributed by atoms with E-state index in [0.29, 0.717) is 36.7 Å². The summed E-state index contributed by atoms with van der Waals surface area (Å²) in [6.45, 7) is 10.3. The highest BCUT2D eigenvalue weighted by molar-refractivity contribution is 7.16. The third-order valence-electron chi connectivity index (χ3n) is 4.30. The van der Waals surface area contributed by atoms with Gasteiger partial charge in [-0.1, -0.05) is 11.3 Å². The first-order chi connectivity index (χ1) is 14.5. The van der Waals surface area contributed by atoms with E-state index < -0.39 is 0 Å². The number of rotatable bonds is 9. The molecule has 3 aromatic rings. The monoisotopic (exact) mass is 428 g/mol. The second-order valence-corrected chi connectivity index (χ2v) is 7.91. The standard InChI is InChI=1S/C23H28N2O4S/c1-5-27-14-13-25-20-12-11-19(28-6-2)15-21(20)30-23(25)24-22(26)17-7-9-18(10-8-17)29-16(3)4/h7-12,15-16H,5-6,13-14H2,1-4H3. The molecule has 0 unspecified atom stereocenters. The van der Waals surface area contributed by atoms with Gasteiger partial charge in [-0.15, -0.1) is 0 Å². The van der Waals surface area contributed by atoms with Crippen molar-refractivity contribution in [2.45, 2.75) is 40.3 Å². The van der Waals surface area contributed by atoms with Gasteiger partial charge in [0.25, 0.3) is 5.91 Å². The van der Waals surface area contributed by atoms with Crippen LogP contribution in [0, 0.1) is 0 Å². The molecule has 160 valence electrons. The molecule has 1 amide bonds. The van der Waals surface area contributed by atoms with Crippen molar-refractivity contribution in [3.05, 3.63) is 52.8 Å². The molecule has 0 N–H and O–H groups in total. The molecular formula is C23H28N2O4S. The first kappa shape index (κ1) is 22.1. The van der Waals surface area contributed by atoms with Crippen molar-refractivity contribution in [1.29, 1.82) is 0 Å². The van der Waals surface area contributed by atoms with Gasteiger partial charge in [-0.2, -0.15) is 4.99 Å². The molecule has 3 rings (SSSR count). The number of nitrogens with zero attached hydrogens (tertiary/aromatic N) is 2. The maximum absolute atomic E-state index is 12.8. The van der Waals surface area contributed by atoms with Crippen molar-refractivity contribution in [1.82, 2.24) is 4.57 Å². The lowest BCUT2D eigenvalue weighted by Gasteiger charge is -2.09. The SMILES string of the molecule is CCOCCn1c(=NC(=O)c2ccc(OC(C)C)cc2)sc2cc(OCC)ccc21. The fourth-order valence-corrected chi connectivity index (χ4v) is 4.09. The van der Waals surface area contributed by atoms with Crippen LogP contribution in [0.25, 0.3) is 10.2 Å². The van der Waals surface area contributed by atoms with Gasteiger partial charge in [0.1, 0.15) is 11.5 Å². The zero-order chi connectivity index (χ0) is 21.5. The summed E-state index contributed by atoms with van der Waals surface area (Å²) in [7, 11) is 0. The van der Waals surface area contributed by atoms with E-state index in [4.69, 9.17) is 14.2 Å². The van der Waals surface area contributed by atoms with Gasteiger partial charge < -0.3 is 18.8 Å². The van der Waals surface area contributed by atoms with Crippen LogP contribution in [0.3, 0.4) is 0 Å². The molecule has 0 aliphatic heterocycles. The van der Waals surface area contributed by atoms with Gasteiger partial charge in [0.15, 0.2) is 4.80 Å². The summed E-state index contributed by atoms with van der Waals surface area (Å²) in [6, 6.07) is 13.0. The fourth-order valence-electron chi connectivity index (χ4n) is 3.01. The average molecular weight is 429 g/mol. The van der Waals surface area contributed by atoms with E-state index in [9.17, 15) is 4.79 Å². The molecule has 0 saturated heterocycles. The van der Waals surface area contributed by atoms with Gasteiger partial charge in [0.05, 0.1) is 29.5 Å². The van der Waals surface area contributed by atoms with Crippen LogP contribution in [0.2, 0.25) is 0 Å². The summed E-state index contributed by atoms with van der Waals surface area (Å²) in [5, 5.41) is 0. The maximum Gasteiger partial charge on any atom is 0.279 e. The van der Waals surface area contributed by atoms with Crippen LogP contribution < -0.4 is 14.3 Å². The maximum atomic E-state index is 12.8. The van der Waals surface area contributed by atoms with Crippen LogP contribution in [0.1, 0.15) is 38.1 Å². The number of hydrogen-bond donors (Lipinski definition) is 0. The van der Waals surface area contributed by atoms with Gasteiger partial charge in [-0.3, -0.25) is 4.79 Å². The van der Waals surface area contributed by atoms with Crippen LogP contribution >= 0.6 is 11.3 Å². The minimum Gasteiger partial charge on any atom is -0.494 e. The predicted molar refractivity (Wildman–Crippen MR) is 120 cm³/mol. The highest BCUT2D eigenvalue weighted by Gasteiger charge is 2.11. The van der Waals surface area contributed by atoms with Gasteiger partial charge in [0, 0.05) is 18.7 Å². The second-order valence-electron chi connectivity index (χ2n) is 6.90. The lowest BCUT2D eigenvalue weighted by molar-refractivity contribution is 0.0996. The normalized spacial score (nSPS) is 12.0. The molecule has 0 aliphatic rings. The number of ether oxygens (including phenoxy) is 3. The molecular weight excluding hydrogens is 400 g/mol. The third-order valence-corrected chi connectivity index (χ3v) is 5.34. The quantitative estimate of drug-likeness (QED) is 0.465. The minimum atomic E-state index is -0.284. The molecule has 0 fully saturated rings. The van der Waals surface area contributed by atoms with Crippen molar-refractivity contribution >= 4 is 27.5 Å². The van der Waals surface area contributed by atoms with Crippen LogP contribution in [0.5, 0.6) is 11.5 Å². The van der Waals surface area contributed by atoms with Gasteiger partial charge >= 0.3 is 0 Å². The topological polar surface area (TPSA) is 62.1 Å². The number of amides is 1. The fraction of sp³-hybridized carbons (Fsp3) is 0.391. The van der Waals surface area contributed by atoms with Crippen LogP contribution in [0.15, 0.2) is 47.5 Å². The largest absolute Gasteiger partial charge is 0.494 e. The second kappa shape index (κ2) is 10.4. The average Bonchev–Trinajstić information content (AvgIpc) is 3.05.